The van der Waals surface area contributed by atoms with E-state index in [4.69, 9.17) is 14.6 Å². The van der Waals surface area contributed by atoms with E-state index in [-0.39, 0.29) is 0 Å². The summed E-state index contributed by atoms with van der Waals surface area (Å²) in [5.74, 6) is -4.14. The number of aliphatic hydroxyl groups is 8. The van der Waals surface area contributed by atoms with Crippen molar-refractivity contribution in [1.82, 2.24) is 0 Å². The minimum absolute atomic E-state index is 0.617. The lowest BCUT2D eigenvalue weighted by molar-refractivity contribution is -0.393. The van der Waals surface area contributed by atoms with Crippen LogP contribution in [0, 0.1) is 0 Å². The molecule has 3 rings (SSSR count). The molecule has 3 fully saturated rings. The van der Waals surface area contributed by atoms with Crippen LogP contribution >= 0.6 is 0 Å². The smallest absolute Gasteiger partial charge is 0.394 e. The molecule has 3 heterocycles. The van der Waals surface area contributed by atoms with Gasteiger partial charge in [0.2, 0.25) is 0 Å². The molecule has 23 heavy (non-hydrogen) atoms. The molecule has 11 heteroatoms. The number of fused-ring (bicyclic) bond motifs is 1. The van der Waals surface area contributed by atoms with Gasteiger partial charge in [-0.15, -0.1) is 0 Å². The summed E-state index contributed by atoms with van der Waals surface area (Å²) in [6.07, 6.45) is -10.6. The Labute approximate surface area is 130 Å². The first kappa shape index (κ1) is 17.4. The minimum Gasteiger partial charge on any atom is -0.394 e. The van der Waals surface area contributed by atoms with Crippen molar-refractivity contribution in [3.8, 4) is 0 Å². The van der Waals surface area contributed by atoms with Crippen molar-refractivity contribution in [2.24, 2.45) is 0 Å². The molecule has 3 aliphatic heterocycles. The number of rotatable bonds is 4. The topological polar surface area (TPSA) is 183 Å². The van der Waals surface area contributed by atoms with Crippen LogP contribution in [0.15, 0.2) is 0 Å². The molecule has 0 unspecified atom stereocenters. The average molecular weight is 341 g/mol. The molecular formula is C12H21O11+. The van der Waals surface area contributed by atoms with E-state index in [0.717, 1.165) is 0 Å². The largest absolute Gasteiger partial charge is 0.415 e. The third kappa shape index (κ3) is 1.98. The normalized spacial score (nSPS) is 56.6. The number of ether oxygens (including phenoxy) is 2. The number of epoxide rings is 1. The van der Waals surface area contributed by atoms with Gasteiger partial charge < -0.3 is 50.0 Å². The van der Waals surface area contributed by atoms with Crippen molar-refractivity contribution in [1.29, 1.82) is 0 Å². The van der Waals surface area contributed by atoms with Gasteiger partial charge >= 0.3 is 17.9 Å². The van der Waals surface area contributed by atoms with Crippen molar-refractivity contribution in [3.63, 3.8) is 0 Å². The van der Waals surface area contributed by atoms with Gasteiger partial charge in [0.15, 0.2) is 18.8 Å². The van der Waals surface area contributed by atoms with Crippen molar-refractivity contribution in [2.45, 2.75) is 54.5 Å². The Hall–Kier alpha value is -0.440. The van der Waals surface area contributed by atoms with Gasteiger partial charge in [0.25, 0.3) is 0 Å². The van der Waals surface area contributed by atoms with Crippen LogP contribution in [-0.2, 0) is 13.8 Å². The summed E-state index contributed by atoms with van der Waals surface area (Å²) in [4.78, 5) is 0. The molecule has 9 atom stereocenters. The molecule has 0 amide bonds. The molecule has 8 N–H and O–H groups in total. The molecule has 11 nitrogen and oxygen atoms in total. The molecule has 0 aliphatic carbocycles. The zero-order valence-electron chi connectivity index (χ0n) is 12.0. The molecule has 3 saturated heterocycles. The zero-order valence-corrected chi connectivity index (χ0v) is 12.0. The van der Waals surface area contributed by atoms with Gasteiger partial charge in [0.05, 0.1) is 13.2 Å². The number of aliphatic hydroxyl groups excluding tert-OH is 7. The summed E-state index contributed by atoms with van der Waals surface area (Å²) in [5.41, 5.74) is 0. The van der Waals surface area contributed by atoms with Gasteiger partial charge in [-0.1, -0.05) is 0 Å². The van der Waals surface area contributed by atoms with E-state index < -0.39 is 74.3 Å². The van der Waals surface area contributed by atoms with Crippen LogP contribution in [0.25, 0.3) is 0 Å². The number of hydrogen-bond donors (Lipinski definition) is 8. The molecule has 3 aliphatic rings. The SMILES string of the molecule is OC[C@H]1O[C@H]([O+]2[C@]3(CO)O[C@H](CO)[C@@H](O)[C@]23O)[C@H](O)[C@@H](O)[C@@H]1O. The standard InChI is InChI=1S/C12H21O11/c13-1-4-6(16)7(17)8(18)10(21-4)23-11(3-15)12(23,20)9(19)5(2-14)22-11/h4-10,13-20H,1-3H2/q+1/t4-,5-,6-,7+,8-,9-,10-,11+,12+/m1/s1. The van der Waals surface area contributed by atoms with E-state index in [2.05, 4.69) is 0 Å². The van der Waals surface area contributed by atoms with Gasteiger partial charge in [-0.05, 0) is 0 Å². The highest BCUT2D eigenvalue weighted by Gasteiger charge is 2.99. The zero-order chi connectivity index (χ0) is 17.2. The van der Waals surface area contributed by atoms with Gasteiger partial charge in [-0.2, -0.15) is 0 Å². The lowest BCUT2D eigenvalue weighted by Gasteiger charge is -2.38. The summed E-state index contributed by atoms with van der Waals surface area (Å²) in [7, 11) is 0. The summed E-state index contributed by atoms with van der Waals surface area (Å²) >= 11 is 0. The minimum atomic E-state index is -2.23. The fourth-order valence-corrected chi connectivity index (χ4v) is 3.41. The summed E-state index contributed by atoms with van der Waals surface area (Å²) in [6, 6.07) is 0. The maximum Gasteiger partial charge on any atom is 0.415 e. The predicted molar refractivity (Wildman–Crippen MR) is 67.6 cm³/mol. The maximum atomic E-state index is 10.6. The summed E-state index contributed by atoms with van der Waals surface area (Å²) < 4.78 is 12.5. The van der Waals surface area contributed by atoms with Gasteiger partial charge in [0.1, 0.15) is 24.4 Å². The van der Waals surface area contributed by atoms with Crippen molar-refractivity contribution >= 4 is 0 Å². The maximum absolute atomic E-state index is 10.6. The Morgan fingerprint density at radius 2 is 1.48 bits per heavy atom. The van der Waals surface area contributed by atoms with Crippen LogP contribution < -0.4 is 0 Å². The van der Waals surface area contributed by atoms with E-state index >= 15 is 0 Å². The molecule has 0 aromatic carbocycles. The van der Waals surface area contributed by atoms with E-state index in [0.29, 0.717) is 0 Å². The summed E-state index contributed by atoms with van der Waals surface area (Å²) in [5, 5.41) is 78.1. The highest BCUT2D eigenvalue weighted by molar-refractivity contribution is 5.20. The molecule has 0 bridgehead atoms. The Kier molecular flexibility index (Phi) is 4.19. The molecule has 0 saturated carbocycles. The molecular weight excluding hydrogens is 320 g/mol. The Morgan fingerprint density at radius 3 is 1.96 bits per heavy atom. The lowest BCUT2D eigenvalue weighted by atomic mass is 9.99. The first-order valence-electron chi connectivity index (χ1n) is 7.14. The lowest BCUT2D eigenvalue weighted by Crippen LogP contribution is -2.61. The Balaban J connectivity index is 1.88. The fourth-order valence-electron chi connectivity index (χ4n) is 3.41. The first-order chi connectivity index (χ1) is 10.8. The highest BCUT2D eigenvalue weighted by Crippen LogP contribution is 2.65. The van der Waals surface area contributed by atoms with Crippen molar-refractivity contribution in [3.05, 3.63) is 0 Å². The molecule has 0 aromatic rings. The van der Waals surface area contributed by atoms with E-state index in [9.17, 15) is 35.7 Å². The summed E-state index contributed by atoms with van der Waals surface area (Å²) in [6.45, 7) is -2.12. The Bertz CT molecular complexity index is 456. The fraction of sp³-hybridized carbons (Fsp3) is 1.00. The van der Waals surface area contributed by atoms with Gasteiger partial charge in [0, 0.05) is 0 Å². The van der Waals surface area contributed by atoms with Crippen molar-refractivity contribution in [2.75, 3.05) is 19.8 Å². The predicted octanol–water partition coefficient (Wildman–Crippen LogP) is -5.52. The molecule has 0 radical (unpaired) electrons. The van der Waals surface area contributed by atoms with Gasteiger partial charge in [-0.3, -0.25) is 4.74 Å². The van der Waals surface area contributed by atoms with Crippen LogP contribution in [0.4, 0.5) is 0 Å². The molecule has 0 aromatic heterocycles. The third-order valence-electron chi connectivity index (χ3n) is 4.76. The van der Waals surface area contributed by atoms with Crippen LogP contribution in [-0.4, -0.2) is 115 Å². The van der Waals surface area contributed by atoms with Crippen LogP contribution in [0.3, 0.4) is 0 Å². The second-order valence-corrected chi connectivity index (χ2v) is 5.93. The second kappa shape index (κ2) is 5.54. The Morgan fingerprint density at radius 1 is 0.870 bits per heavy atom. The van der Waals surface area contributed by atoms with Crippen molar-refractivity contribution < 1.29 is 54.7 Å². The number of hydrogen-bond acceptors (Lipinski definition) is 10. The third-order valence-corrected chi connectivity index (χ3v) is 4.76. The average Bonchev–Trinajstić information content (AvgIpc) is 3.01. The quantitative estimate of drug-likeness (QED) is 0.181. The van der Waals surface area contributed by atoms with Crippen LogP contribution in [0.2, 0.25) is 0 Å². The van der Waals surface area contributed by atoms with E-state index in [1.165, 1.54) is 0 Å². The van der Waals surface area contributed by atoms with Gasteiger partial charge in [-0.25, -0.2) is 0 Å². The molecule has 0 spiro atoms. The van der Waals surface area contributed by atoms with E-state index in [1.54, 1.807) is 0 Å². The molecule has 134 valence electrons. The van der Waals surface area contributed by atoms with Crippen LogP contribution in [0.1, 0.15) is 0 Å². The monoisotopic (exact) mass is 341 g/mol. The first-order valence-corrected chi connectivity index (χ1v) is 7.14. The van der Waals surface area contributed by atoms with E-state index in [1.807, 2.05) is 4.37 Å². The highest BCUT2D eigenvalue weighted by atomic mass is 17.0. The van der Waals surface area contributed by atoms with Crippen LogP contribution in [0.5, 0.6) is 0 Å². The second-order valence-electron chi connectivity index (χ2n) is 5.93.